The second-order valence-corrected chi connectivity index (χ2v) is 6.45. The van der Waals surface area contributed by atoms with Gasteiger partial charge in [0.1, 0.15) is 5.75 Å². The molecule has 2 aromatic carbocycles. The molecule has 1 saturated carbocycles. The molecule has 0 aromatic heterocycles. The SMILES string of the molecule is COc1ccccc1NC(=O)C1CC1C(=O)Nc1ccc(C)cc1C. The fourth-order valence-corrected chi connectivity index (χ4v) is 2.93. The van der Waals surface area contributed by atoms with Crippen molar-refractivity contribution in [2.75, 3.05) is 17.7 Å². The third kappa shape index (κ3) is 3.82. The summed E-state index contributed by atoms with van der Waals surface area (Å²) in [7, 11) is 1.56. The number of hydrogen-bond donors (Lipinski definition) is 2. The summed E-state index contributed by atoms with van der Waals surface area (Å²) in [6.45, 7) is 3.97. The van der Waals surface area contributed by atoms with Crippen LogP contribution in [0.5, 0.6) is 5.75 Å². The van der Waals surface area contributed by atoms with E-state index >= 15 is 0 Å². The van der Waals surface area contributed by atoms with Gasteiger partial charge in [0.25, 0.3) is 0 Å². The molecule has 1 aliphatic rings. The minimum absolute atomic E-state index is 0.105. The number of para-hydroxylation sites is 2. The summed E-state index contributed by atoms with van der Waals surface area (Å²) < 4.78 is 5.23. The van der Waals surface area contributed by atoms with Crippen LogP contribution >= 0.6 is 0 Å². The summed E-state index contributed by atoms with van der Waals surface area (Å²) in [5.41, 5.74) is 3.59. The molecule has 25 heavy (non-hydrogen) atoms. The molecule has 1 aliphatic carbocycles. The molecule has 0 spiro atoms. The highest BCUT2D eigenvalue weighted by molar-refractivity contribution is 6.03. The number of benzene rings is 2. The van der Waals surface area contributed by atoms with E-state index in [2.05, 4.69) is 10.6 Å². The van der Waals surface area contributed by atoms with Crippen molar-refractivity contribution >= 4 is 23.2 Å². The van der Waals surface area contributed by atoms with Crippen molar-refractivity contribution in [2.45, 2.75) is 20.3 Å². The number of amides is 2. The van der Waals surface area contributed by atoms with E-state index in [1.807, 2.05) is 44.2 Å². The Labute approximate surface area is 147 Å². The lowest BCUT2D eigenvalue weighted by Crippen LogP contribution is -2.21. The molecule has 3 rings (SSSR count). The van der Waals surface area contributed by atoms with E-state index in [1.165, 1.54) is 0 Å². The highest BCUT2D eigenvalue weighted by Crippen LogP contribution is 2.41. The van der Waals surface area contributed by atoms with Crippen LogP contribution in [0.1, 0.15) is 17.5 Å². The van der Waals surface area contributed by atoms with Gasteiger partial charge in [-0.2, -0.15) is 0 Å². The Morgan fingerprint density at radius 3 is 2.24 bits per heavy atom. The lowest BCUT2D eigenvalue weighted by molar-refractivity contribution is -0.122. The topological polar surface area (TPSA) is 67.4 Å². The number of nitrogens with one attached hydrogen (secondary N) is 2. The van der Waals surface area contributed by atoms with Crippen molar-refractivity contribution in [2.24, 2.45) is 11.8 Å². The maximum Gasteiger partial charge on any atom is 0.228 e. The van der Waals surface area contributed by atoms with Gasteiger partial charge in [-0.05, 0) is 44.0 Å². The van der Waals surface area contributed by atoms with Crippen molar-refractivity contribution in [3.63, 3.8) is 0 Å². The Bertz CT molecular complexity index is 816. The van der Waals surface area contributed by atoms with Gasteiger partial charge in [0.2, 0.25) is 11.8 Å². The van der Waals surface area contributed by atoms with E-state index in [1.54, 1.807) is 19.2 Å². The summed E-state index contributed by atoms with van der Waals surface area (Å²) in [5, 5.41) is 5.77. The van der Waals surface area contributed by atoms with E-state index in [9.17, 15) is 9.59 Å². The van der Waals surface area contributed by atoms with Crippen LogP contribution in [0.25, 0.3) is 0 Å². The molecule has 0 bridgehead atoms. The summed E-state index contributed by atoms with van der Waals surface area (Å²) >= 11 is 0. The number of aryl methyl sites for hydroxylation is 2. The van der Waals surface area contributed by atoms with Gasteiger partial charge in [-0.25, -0.2) is 0 Å². The maximum absolute atomic E-state index is 12.4. The molecule has 1 fully saturated rings. The lowest BCUT2D eigenvalue weighted by atomic mass is 10.1. The Hall–Kier alpha value is -2.82. The number of carbonyl (C=O) groups excluding carboxylic acids is 2. The van der Waals surface area contributed by atoms with Crippen LogP contribution < -0.4 is 15.4 Å². The molecule has 0 radical (unpaired) electrons. The van der Waals surface area contributed by atoms with Gasteiger partial charge in [0.05, 0.1) is 24.6 Å². The molecule has 2 N–H and O–H groups in total. The van der Waals surface area contributed by atoms with Gasteiger partial charge in [-0.1, -0.05) is 29.8 Å². The predicted molar refractivity (Wildman–Crippen MR) is 97.8 cm³/mol. The molecule has 5 heteroatoms. The zero-order valence-electron chi connectivity index (χ0n) is 14.6. The van der Waals surface area contributed by atoms with Crippen molar-refractivity contribution in [1.29, 1.82) is 0 Å². The number of carbonyl (C=O) groups is 2. The monoisotopic (exact) mass is 338 g/mol. The number of ether oxygens (including phenoxy) is 1. The summed E-state index contributed by atoms with van der Waals surface area (Å²) in [5.74, 6) is -0.226. The van der Waals surface area contributed by atoms with Crippen LogP contribution in [0.3, 0.4) is 0 Å². The first kappa shape index (κ1) is 17.0. The Kier molecular flexibility index (Phi) is 4.74. The van der Waals surface area contributed by atoms with Crippen LogP contribution in [-0.4, -0.2) is 18.9 Å². The minimum Gasteiger partial charge on any atom is -0.495 e. The Morgan fingerprint density at radius 2 is 1.60 bits per heavy atom. The standard InChI is InChI=1S/C20H22N2O3/c1-12-8-9-16(13(2)10-12)21-19(23)14-11-15(14)20(24)22-17-6-4-5-7-18(17)25-3/h4-10,14-15H,11H2,1-3H3,(H,21,23)(H,22,24). The molecule has 2 atom stereocenters. The highest BCUT2D eigenvalue weighted by Gasteiger charge is 2.48. The molecular weight excluding hydrogens is 316 g/mol. The summed E-state index contributed by atoms with van der Waals surface area (Å²) in [6, 6.07) is 13.1. The van der Waals surface area contributed by atoms with Gasteiger partial charge in [0.15, 0.2) is 0 Å². The molecule has 2 amide bonds. The third-order valence-corrected chi connectivity index (χ3v) is 4.47. The zero-order valence-corrected chi connectivity index (χ0v) is 14.6. The lowest BCUT2D eigenvalue weighted by Gasteiger charge is -2.10. The van der Waals surface area contributed by atoms with Crippen molar-refractivity contribution in [3.8, 4) is 5.75 Å². The number of rotatable bonds is 5. The van der Waals surface area contributed by atoms with E-state index in [4.69, 9.17) is 4.74 Å². The first-order valence-electron chi connectivity index (χ1n) is 8.31. The predicted octanol–water partition coefficient (Wildman–Crippen LogP) is 3.53. The average molecular weight is 338 g/mol. The van der Waals surface area contributed by atoms with Crippen LogP contribution in [0.2, 0.25) is 0 Å². The average Bonchev–Trinajstić information content (AvgIpc) is 3.39. The second kappa shape index (κ2) is 6.97. The quantitative estimate of drug-likeness (QED) is 0.876. The summed E-state index contributed by atoms with van der Waals surface area (Å²) in [6.07, 6.45) is 0.567. The minimum atomic E-state index is -0.296. The smallest absolute Gasteiger partial charge is 0.228 e. The normalized spacial score (nSPS) is 18.4. The molecule has 0 heterocycles. The molecular formula is C20H22N2O3. The highest BCUT2D eigenvalue weighted by atomic mass is 16.5. The van der Waals surface area contributed by atoms with E-state index in [-0.39, 0.29) is 23.7 Å². The largest absolute Gasteiger partial charge is 0.495 e. The molecule has 5 nitrogen and oxygen atoms in total. The fourth-order valence-electron chi connectivity index (χ4n) is 2.93. The second-order valence-electron chi connectivity index (χ2n) is 6.45. The molecule has 0 saturated heterocycles. The van der Waals surface area contributed by atoms with Crippen LogP contribution in [0, 0.1) is 25.7 Å². The van der Waals surface area contributed by atoms with E-state index in [0.29, 0.717) is 17.9 Å². The Morgan fingerprint density at radius 1 is 0.960 bits per heavy atom. The number of hydrogen-bond acceptors (Lipinski definition) is 3. The van der Waals surface area contributed by atoms with Crippen LogP contribution in [-0.2, 0) is 9.59 Å². The van der Waals surface area contributed by atoms with Crippen molar-refractivity contribution < 1.29 is 14.3 Å². The molecule has 130 valence electrons. The zero-order chi connectivity index (χ0) is 18.0. The third-order valence-electron chi connectivity index (χ3n) is 4.47. The van der Waals surface area contributed by atoms with E-state index < -0.39 is 0 Å². The fraction of sp³-hybridized carbons (Fsp3) is 0.300. The summed E-state index contributed by atoms with van der Waals surface area (Å²) in [4.78, 5) is 24.8. The van der Waals surface area contributed by atoms with Crippen molar-refractivity contribution in [3.05, 3.63) is 53.6 Å². The van der Waals surface area contributed by atoms with Gasteiger partial charge in [-0.3, -0.25) is 9.59 Å². The van der Waals surface area contributed by atoms with Gasteiger partial charge in [0, 0.05) is 5.69 Å². The van der Waals surface area contributed by atoms with Crippen molar-refractivity contribution in [1.82, 2.24) is 0 Å². The number of methoxy groups -OCH3 is 1. The first-order chi connectivity index (χ1) is 12.0. The van der Waals surface area contributed by atoms with Crippen LogP contribution in [0.4, 0.5) is 11.4 Å². The molecule has 2 aromatic rings. The van der Waals surface area contributed by atoms with Gasteiger partial charge < -0.3 is 15.4 Å². The first-order valence-corrected chi connectivity index (χ1v) is 8.31. The van der Waals surface area contributed by atoms with Gasteiger partial charge in [-0.15, -0.1) is 0 Å². The van der Waals surface area contributed by atoms with Gasteiger partial charge >= 0.3 is 0 Å². The Balaban J connectivity index is 1.60. The maximum atomic E-state index is 12.4. The number of anilines is 2. The molecule has 2 unspecified atom stereocenters. The van der Waals surface area contributed by atoms with Crippen LogP contribution in [0.15, 0.2) is 42.5 Å². The molecule has 0 aliphatic heterocycles. The van der Waals surface area contributed by atoms with E-state index in [0.717, 1.165) is 16.8 Å².